The first-order valence-electron chi connectivity index (χ1n) is 2.98. The highest BCUT2D eigenvalue weighted by Gasteiger charge is 2.21. The Morgan fingerprint density at radius 1 is 1.38 bits per heavy atom. The summed E-state index contributed by atoms with van der Waals surface area (Å²) in [5.74, 6) is 0. The fraction of sp³-hybridized carbons (Fsp3) is 0.714. The van der Waals surface area contributed by atoms with Crippen LogP contribution in [0.5, 0.6) is 0 Å². The second-order valence-corrected chi connectivity index (χ2v) is 7.91. The van der Waals surface area contributed by atoms with Gasteiger partial charge in [0.05, 0.1) is 0 Å². The minimum Gasteiger partial charge on any atom is -0.135 e. The van der Waals surface area contributed by atoms with E-state index in [2.05, 4.69) is 32.5 Å². The molecule has 0 aliphatic heterocycles. The van der Waals surface area contributed by atoms with Crippen LogP contribution in [-0.4, -0.2) is 8.07 Å². The van der Waals surface area contributed by atoms with Gasteiger partial charge in [-0.15, -0.1) is 12.0 Å². The molecule has 0 saturated heterocycles. The molecule has 0 radical (unpaired) electrons. The Labute approximate surface area is 53.3 Å². The number of hydrogen-bond donors (Lipinski definition) is 0. The molecule has 0 aromatic carbocycles. The van der Waals surface area contributed by atoms with Crippen LogP contribution >= 0.6 is 0 Å². The summed E-state index contributed by atoms with van der Waals surface area (Å²) in [5, 5.41) is 0. The molecule has 0 bridgehead atoms. The normalized spacial score (nSPS) is 11.5. The summed E-state index contributed by atoms with van der Waals surface area (Å²) in [4.78, 5) is 0. The van der Waals surface area contributed by atoms with Crippen molar-refractivity contribution < 1.29 is 0 Å². The van der Waals surface area contributed by atoms with Crippen LogP contribution in [-0.2, 0) is 0 Å². The maximum atomic E-state index is 5.32. The van der Waals surface area contributed by atoms with Gasteiger partial charge in [0, 0.05) is 0 Å². The minimum absolute atomic E-state index is 0.715. The molecule has 0 amide bonds. The van der Waals surface area contributed by atoms with E-state index in [9.17, 15) is 0 Å². The quantitative estimate of drug-likeness (QED) is 0.373. The molecule has 0 N–H and O–H groups in total. The lowest BCUT2D eigenvalue weighted by Gasteiger charge is -2.18. The van der Waals surface area contributed by atoms with Crippen LogP contribution in [0.1, 0.15) is 13.8 Å². The van der Waals surface area contributed by atoms with E-state index < -0.39 is 8.07 Å². The third-order valence-corrected chi connectivity index (χ3v) is 5.45. The molecule has 0 rings (SSSR count). The lowest BCUT2D eigenvalue weighted by molar-refractivity contribution is 1.03. The molecule has 0 unspecified atom stereocenters. The van der Waals surface area contributed by atoms with Gasteiger partial charge in [-0.2, -0.15) is 0 Å². The van der Waals surface area contributed by atoms with Crippen molar-refractivity contribution >= 4 is 8.07 Å². The van der Waals surface area contributed by atoms with Crippen LogP contribution in [0, 0.1) is 12.0 Å². The molecule has 0 fully saturated rings. The Morgan fingerprint density at radius 2 is 1.75 bits per heavy atom. The van der Waals surface area contributed by atoms with E-state index in [0.29, 0.717) is 5.54 Å². The average Bonchev–Trinajstić information content (AvgIpc) is 1.67. The summed E-state index contributed by atoms with van der Waals surface area (Å²) < 4.78 is 0. The van der Waals surface area contributed by atoms with Gasteiger partial charge < -0.3 is 0 Å². The van der Waals surface area contributed by atoms with Gasteiger partial charge in [0.15, 0.2) is 0 Å². The molecule has 0 heterocycles. The maximum Gasteiger partial charge on any atom is 0.134 e. The van der Waals surface area contributed by atoms with Crippen molar-refractivity contribution in [2.24, 2.45) is 0 Å². The summed E-state index contributed by atoms with van der Waals surface area (Å²) in [6.45, 7) is 8.84. The first kappa shape index (κ1) is 7.78. The van der Waals surface area contributed by atoms with Crippen molar-refractivity contribution in [1.82, 2.24) is 0 Å². The highest BCUT2D eigenvalue weighted by molar-refractivity contribution is 6.86. The van der Waals surface area contributed by atoms with Gasteiger partial charge in [-0.1, -0.05) is 26.9 Å². The zero-order valence-electron chi connectivity index (χ0n) is 6.15. The summed E-state index contributed by atoms with van der Waals surface area (Å²) >= 11 is 0. The van der Waals surface area contributed by atoms with Gasteiger partial charge in [0.2, 0.25) is 0 Å². The molecule has 8 heavy (non-hydrogen) atoms. The smallest absolute Gasteiger partial charge is 0.134 e. The Morgan fingerprint density at radius 3 is 1.75 bits per heavy atom. The van der Waals surface area contributed by atoms with Crippen molar-refractivity contribution in [3.8, 4) is 12.0 Å². The summed E-state index contributed by atoms with van der Waals surface area (Å²) in [6.07, 6.45) is 5.32. The minimum atomic E-state index is -1.23. The molecular formula is C7H14Si. The maximum absolute atomic E-state index is 5.32. The zero-order chi connectivity index (χ0) is 6.78. The highest BCUT2D eigenvalue weighted by Crippen LogP contribution is 2.17. The van der Waals surface area contributed by atoms with Gasteiger partial charge >= 0.3 is 0 Å². The van der Waals surface area contributed by atoms with E-state index in [4.69, 9.17) is 6.42 Å². The lowest BCUT2D eigenvalue weighted by Crippen LogP contribution is -2.26. The Hall–Kier alpha value is -0.223. The van der Waals surface area contributed by atoms with E-state index in [-0.39, 0.29) is 0 Å². The Balaban J connectivity index is 3.97. The average molecular weight is 126 g/mol. The zero-order valence-corrected chi connectivity index (χ0v) is 7.15. The SMILES string of the molecule is C#C[Si](C)(C)C(C)C. The monoisotopic (exact) mass is 126 g/mol. The number of rotatable bonds is 1. The molecule has 0 nitrogen and oxygen atoms in total. The number of hydrogen-bond acceptors (Lipinski definition) is 0. The van der Waals surface area contributed by atoms with Crippen molar-refractivity contribution in [1.29, 1.82) is 0 Å². The lowest BCUT2D eigenvalue weighted by atomic mass is 10.6. The van der Waals surface area contributed by atoms with E-state index in [1.807, 2.05) is 0 Å². The molecule has 46 valence electrons. The summed E-state index contributed by atoms with van der Waals surface area (Å²) in [5.41, 5.74) is 3.59. The van der Waals surface area contributed by atoms with Gasteiger partial charge in [-0.3, -0.25) is 0 Å². The molecular weight excluding hydrogens is 112 g/mol. The predicted octanol–water partition coefficient (Wildman–Crippen LogP) is 2.28. The van der Waals surface area contributed by atoms with Crippen LogP contribution in [0.3, 0.4) is 0 Å². The van der Waals surface area contributed by atoms with Crippen molar-refractivity contribution in [3.63, 3.8) is 0 Å². The molecule has 1 heteroatoms. The molecule has 0 atom stereocenters. The van der Waals surface area contributed by atoms with Crippen molar-refractivity contribution in [3.05, 3.63) is 0 Å². The molecule has 0 spiro atoms. The molecule has 0 saturated carbocycles. The van der Waals surface area contributed by atoms with Crippen LogP contribution in [0.15, 0.2) is 0 Å². The first-order valence-corrected chi connectivity index (χ1v) is 6.06. The van der Waals surface area contributed by atoms with Gasteiger partial charge in [-0.25, -0.2) is 0 Å². The van der Waals surface area contributed by atoms with E-state index >= 15 is 0 Å². The van der Waals surface area contributed by atoms with Crippen molar-refractivity contribution in [2.75, 3.05) is 0 Å². The van der Waals surface area contributed by atoms with Gasteiger partial charge in [-0.05, 0) is 5.54 Å². The van der Waals surface area contributed by atoms with E-state index in [1.54, 1.807) is 0 Å². The largest absolute Gasteiger partial charge is 0.135 e. The standard InChI is InChI=1S/C7H14Si/c1-6-8(4,5)7(2)3/h1,7H,2-5H3. The second-order valence-electron chi connectivity index (χ2n) is 3.02. The van der Waals surface area contributed by atoms with E-state index in [0.717, 1.165) is 0 Å². The fourth-order valence-electron chi connectivity index (χ4n) is 0.167. The van der Waals surface area contributed by atoms with Crippen LogP contribution < -0.4 is 0 Å². The molecule has 0 aromatic rings. The highest BCUT2D eigenvalue weighted by atomic mass is 28.3. The van der Waals surface area contributed by atoms with Crippen LogP contribution in [0.25, 0.3) is 0 Å². The molecule has 0 aromatic heterocycles. The van der Waals surface area contributed by atoms with Gasteiger partial charge in [0.25, 0.3) is 0 Å². The predicted molar refractivity (Wildman–Crippen MR) is 41.4 cm³/mol. The van der Waals surface area contributed by atoms with Crippen LogP contribution in [0.4, 0.5) is 0 Å². The van der Waals surface area contributed by atoms with Crippen LogP contribution in [0.2, 0.25) is 18.6 Å². The third kappa shape index (κ3) is 1.71. The Kier molecular flexibility index (Phi) is 2.30. The first-order chi connectivity index (χ1) is 3.50. The fourth-order valence-corrected chi connectivity index (χ4v) is 0.500. The topological polar surface area (TPSA) is 0 Å². The summed E-state index contributed by atoms with van der Waals surface area (Å²) in [6, 6.07) is 0. The van der Waals surface area contributed by atoms with E-state index in [1.165, 1.54) is 0 Å². The molecule has 0 aliphatic carbocycles. The van der Waals surface area contributed by atoms with Crippen molar-refractivity contribution in [2.45, 2.75) is 32.5 Å². The second kappa shape index (κ2) is 2.37. The summed E-state index contributed by atoms with van der Waals surface area (Å²) in [7, 11) is -1.23. The molecule has 0 aliphatic rings. The third-order valence-electron chi connectivity index (χ3n) is 1.82. The Bertz CT molecular complexity index is 106. The van der Waals surface area contributed by atoms with Gasteiger partial charge in [0.1, 0.15) is 8.07 Å². The number of terminal acetylenes is 1.